The Labute approximate surface area is 82.7 Å². The van der Waals surface area contributed by atoms with Crippen LogP contribution in [0.2, 0.25) is 0 Å². The predicted molar refractivity (Wildman–Crippen MR) is 58.1 cm³/mol. The molecule has 0 aromatic heterocycles. The third kappa shape index (κ3) is 3.28. The first kappa shape index (κ1) is 10.4. The van der Waals surface area contributed by atoms with Crippen molar-refractivity contribution in [1.82, 2.24) is 0 Å². The zero-order chi connectivity index (χ0) is 9.84. The van der Waals surface area contributed by atoms with Gasteiger partial charge in [-0.15, -0.1) is 0 Å². The molecule has 1 rings (SSSR count). The Bertz CT molecular complexity index is 275. The van der Waals surface area contributed by atoms with Crippen LogP contribution in [0.4, 0.5) is 5.69 Å². The molecule has 0 aliphatic heterocycles. The highest BCUT2D eigenvalue weighted by molar-refractivity contribution is 7.93. The lowest BCUT2D eigenvalue weighted by Crippen LogP contribution is -2.22. The lowest BCUT2D eigenvalue weighted by molar-refractivity contribution is 0.592. The van der Waals surface area contributed by atoms with Gasteiger partial charge >= 0.3 is 0 Å². The maximum absolute atomic E-state index is 11.4. The van der Waals surface area contributed by atoms with Crippen LogP contribution in [0.5, 0.6) is 0 Å². The first-order valence-corrected chi connectivity index (χ1v) is 5.55. The fourth-order valence-corrected chi connectivity index (χ4v) is 1.54. The first-order chi connectivity index (χ1) is 6.09. The van der Waals surface area contributed by atoms with Gasteiger partial charge in [0.2, 0.25) is 0 Å². The summed E-state index contributed by atoms with van der Waals surface area (Å²) in [7, 11) is 0. The van der Waals surface area contributed by atoms with Gasteiger partial charge in [-0.1, -0.05) is 12.1 Å². The monoisotopic (exact) mass is 197 g/mol. The summed E-state index contributed by atoms with van der Waals surface area (Å²) in [5, 5.41) is 0.139. The molecule has 72 valence electrons. The molecule has 1 aromatic rings. The second-order valence-corrected chi connectivity index (χ2v) is 5.06. The van der Waals surface area contributed by atoms with Crippen LogP contribution in [0.3, 0.4) is 0 Å². The summed E-state index contributed by atoms with van der Waals surface area (Å²) in [4.78, 5) is 0. The highest BCUT2D eigenvalue weighted by Crippen LogP contribution is 2.13. The van der Waals surface area contributed by atoms with Crippen LogP contribution in [0.15, 0.2) is 24.3 Å². The van der Waals surface area contributed by atoms with Crippen molar-refractivity contribution in [3.8, 4) is 0 Å². The molecule has 0 heterocycles. The molecule has 0 aliphatic carbocycles. The van der Waals surface area contributed by atoms with E-state index in [1.165, 1.54) is 5.56 Å². The molecule has 0 aliphatic rings. The Balaban J connectivity index is 2.64. The van der Waals surface area contributed by atoms with Crippen molar-refractivity contribution in [2.75, 3.05) is 4.72 Å². The van der Waals surface area contributed by atoms with E-state index in [-0.39, 0.29) is 5.25 Å². The second-order valence-electron chi connectivity index (χ2n) is 3.32. The van der Waals surface area contributed by atoms with Crippen molar-refractivity contribution < 1.29 is 4.55 Å². The summed E-state index contributed by atoms with van der Waals surface area (Å²) in [6, 6.07) is 7.88. The van der Waals surface area contributed by atoms with Gasteiger partial charge in [-0.3, -0.25) is 0 Å². The minimum absolute atomic E-state index is 0.139. The molecule has 1 atom stereocenters. The second kappa shape index (κ2) is 4.53. The van der Waals surface area contributed by atoms with Gasteiger partial charge in [-0.05, 0) is 38.5 Å². The first-order valence-electron chi connectivity index (χ1n) is 4.33. The third-order valence-electron chi connectivity index (χ3n) is 1.66. The molecule has 1 aromatic carbocycles. The molecule has 1 unspecified atom stereocenters. The molecule has 0 radical (unpaired) electrons. The summed E-state index contributed by atoms with van der Waals surface area (Å²) in [6.07, 6.45) is 0. The van der Waals surface area contributed by atoms with Crippen molar-refractivity contribution in [2.24, 2.45) is 0 Å². The quantitative estimate of drug-likeness (QED) is 0.755. The van der Waals surface area contributed by atoms with Crippen molar-refractivity contribution in [3.63, 3.8) is 0 Å². The lowest BCUT2D eigenvalue weighted by Gasteiger charge is -2.15. The zero-order valence-corrected chi connectivity index (χ0v) is 9.02. The topological polar surface area (TPSA) is 35.1 Å². The van der Waals surface area contributed by atoms with Crippen LogP contribution in [-0.2, 0) is 11.4 Å². The average molecular weight is 197 g/mol. The Kier molecular flexibility index (Phi) is 3.63. The molecular formula is C10H15NOS. The van der Waals surface area contributed by atoms with Crippen LogP contribution in [0, 0.1) is 6.92 Å². The molecule has 0 saturated carbocycles. The molecule has 0 bridgehead atoms. The molecular weight excluding hydrogens is 182 g/mol. The minimum Gasteiger partial charge on any atom is -0.593 e. The van der Waals surface area contributed by atoms with Gasteiger partial charge in [0, 0.05) is 0 Å². The van der Waals surface area contributed by atoms with E-state index in [2.05, 4.69) is 4.72 Å². The predicted octanol–water partition coefficient (Wildman–Crippen LogP) is 2.48. The van der Waals surface area contributed by atoms with Gasteiger partial charge in [-0.25, -0.2) is 4.72 Å². The fraction of sp³-hybridized carbons (Fsp3) is 0.400. The smallest absolute Gasteiger partial charge is 0.135 e. The van der Waals surface area contributed by atoms with E-state index in [9.17, 15) is 4.55 Å². The van der Waals surface area contributed by atoms with E-state index in [1.54, 1.807) is 0 Å². The van der Waals surface area contributed by atoms with E-state index in [0.717, 1.165) is 5.69 Å². The summed E-state index contributed by atoms with van der Waals surface area (Å²) in [6.45, 7) is 5.88. The Morgan fingerprint density at radius 3 is 2.62 bits per heavy atom. The Hall–Kier alpha value is -0.670. The van der Waals surface area contributed by atoms with Crippen molar-refractivity contribution in [3.05, 3.63) is 29.8 Å². The highest BCUT2D eigenvalue weighted by atomic mass is 32.2. The minimum atomic E-state index is -0.981. The van der Waals surface area contributed by atoms with E-state index in [0.29, 0.717) is 0 Å². The van der Waals surface area contributed by atoms with Crippen LogP contribution < -0.4 is 4.72 Å². The number of anilines is 1. The summed E-state index contributed by atoms with van der Waals surface area (Å²) >= 11 is -0.981. The molecule has 0 fully saturated rings. The summed E-state index contributed by atoms with van der Waals surface area (Å²) in [5.74, 6) is 0. The number of hydrogen-bond acceptors (Lipinski definition) is 2. The van der Waals surface area contributed by atoms with E-state index in [1.807, 2.05) is 45.0 Å². The fourth-order valence-electron chi connectivity index (χ4n) is 0.943. The molecule has 2 nitrogen and oxygen atoms in total. The molecule has 3 heteroatoms. The van der Waals surface area contributed by atoms with Crippen molar-refractivity contribution in [1.29, 1.82) is 0 Å². The molecule has 13 heavy (non-hydrogen) atoms. The van der Waals surface area contributed by atoms with Crippen molar-refractivity contribution >= 4 is 17.0 Å². The van der Waals surface area contributed by atoms with Gasteiger partial charge < -0.3 is 4.55 Å². The summed E-state index contributed by atoms with van der Waals surface area (Å²) < 4.78 is 14.4. The number of nitrogens with one attached hydrogen (secondary N) is 1. The van der Waals surface area contributed by atoms with Crippen LogP contribution >= 0.6 is 0 Å². The Morgan fingerprint density at radius 1 is 1.38 bits per heavy atom. The zero-order valence-electron chi connectivity index (χ0n) is 8.20. The summed E-state index contributed by atoms with van der Waals surface area (Å²) in [5.41, 5.74) is 2.10. The van der Waals surface area contributed by atoms with Gasteiger partial charge in [0.05, 0.1) is 17.0 Å². The van der Waals surface area contributed by atoms with E-state index < -0.39 is 11.4 Å². The lowest BCUT2D eigenvalue weighted by atomic mass is 10.2. The molecule has 1 N–H and O–H groups in total. The van der Waals surface area contributed by atoms with Crippen molar-refractivity contribution in [2.45, 2.75) is 26.0 Å². The molecule has 0 saturated heterocycles. The molecule has 0 amide bonds. The highest BCUT2D eigenvalue weighted by Gasteiger charge is 2.11. The third-order valence-corrected chi connectivity index (χ3v) is 2.96. The van der Waals surface area contributed by atoms with Crippen LogP contribution in [-0.4, -0.2) is 9.80 Å². The van der Waals surface area contributed by atoms with Crippen LogP contribution in [0.25, 0.3) is 0 Å². The SMILES string of the molecule is Cc1cccc(N[S+]([O-])C(C)C)c1. The van der Waals surface area contributed by atoms with Crippen LogP contribution in [0.1, 0.15) is 19.4 Å². The van der Waals surface area contributed by atoms with Gasteiger partial charge in [0.25, 0.3) is 0 Å². The average Bonchev–Trinajstić information content (AvgIpc) is 2.04. The Morgan fingerprint density at radius 2 is 2.08 bits per heavy atom. The number of aryl methyl sites for hydroxylation is 1. The molecule has 0 spiro atoms. The maximum atomic E-state index is 11.4. The van der Waals surface area contributed by atoms with Gasteiger partial charge in [0.15, 0.2) is 0 Å². The van der Waals surface area contributed by atoms with E-state index in [4.69, 9.17) is 0 Å². The normalized spacial score (nSPS) is 13.0. The van der Waals surface area contributed by atoms with E-state index >= 15 is 0 Å². The standard InChI is InChI=1S/C10H15NOS/c1-8(2)13(12)11-10-6-4-5-9(3)7-10/h4-8,11H,1-3H3. The maximum Gasteiger partial charge on any atom is 0.135 e. The van der Waals surface area contributed by atoms with Gasteiger partial charge in [0.1, 0.15) is 5.25 Å². The number of rotatable bonds is 3. The largest absolute Gasteiger partial charge is 0.593 e. The number of hydrogen-bond donors (Lipinski definition) is 1. The van der Waals surface area contributed by atoms with Gasteiger partial charge in [-0.2, -0.15) is 0 Å². The number of benzene rings is 1.